The number of aromatic amines is 2. The summed E-state index contributed by atoms with van der Waals surface area (Å²) in [6.45, 7) is 2.61. The molecule has 5 aromatic rings. The summed E-state index contributed by atoms with van der Waals surface area (Å²) in [4.78, 5) is 16.1. The molecule has 3 aromatic carbocycles. The Morgan fingerprint density at radius 1 is 0.867 bits per heavy atom. The van der Waals surface area contributed by atoms with Crippen molar-refractivity contribution in [2.24, 2.45) is 5.73 Å². The Balaban J connectivity index is 1.50. The second kappa shape index (κ2) is 7.04. The number of hydrogen-bond donors (Lipinski definition) is 4. The molecule has 0 spiro atoms. The number of nitrogens with two attached hydrogens (primary N) is 1. The average molecular weight is 396 g/mol. The van der Waals surface area contributed by atoms with E-state index >= 15 is 0 Å². The van der Waals surface area contributed by atoms with E-state index in [0.717, 1.165) is 50.6 Å². The van der Waals surface area contributed by atoms with Crippen molar-refractivity contribution in [3.63, 3.8) is 0 Å². The summed E-state index contributed by atoms with van der Waals surface area (Å²) in [5, 5.41) is 7.60. The zero-order valence-electron chi connectivity index (χ0n) is 16.4. The number of aromatic nitrogens is 4. The van der Waals surface area contributed by atoms with E-state index in [1.807, 2.05) is 61.5 Å². The summed E-state index contributed by atoms with van der Waals surface area (Å²) in [5.41, 5.74) is 11.7. The van der Waals surface area contributed by atoms with Gasteiger partial charge in [-0.2, -0.15) is 0 Å². The maximum absolute atomic E-state index is 7.60. The molecule has 0 aliphatic carbocycles. The van der Waals surface area contributed by atoms with Gasteiger partial charge in [0.2, 0.25) is 0 Å². The van der Waals surface area contributed by atoms with Crippen molar-refractivity contribution in [2.75, 3.05) is 6.61 Å². The molecule has 5 rings (SSSR count). The third-order valence-corrected chi connectivity index (χ3v) is 4.99. The summed E-state index contributed by atoms with van der Waals surface area (Å²) in [5.74, 6) is 2.44. The molecular weight excluding hydrogens is 376 g/mol. The first-order valence-electron chi connectivity index (χ1n) is 9.68. The standard InChI is InChI=1S/C23H20N6O/c1-2-30-16-7-3-13(4-8-16)22-26-18-10-6-15(12-20(18)28-22)23-27-17-9-5-14(21(24)25)11-19(17)29-23/h3-12H,2H2,1H3,(H3,24,25)(H,26,28)(H,27,29). The lowest BCUT2D eigenvalue weighted by atomic mass is 10.2. The van der Waals surface area contributed by atoms with Crippen LogP contribution in [0, 0.1) is 5.41 Å². The van der Waals surface area contributed by atoms with Crippen LogP contribution in [-0.4, -0.2) is 32.4 Å². The van der Waals surface area contributed by atoms with Crippen LogP contribution < -0.4 is 10.5 Å². The smallest absolute Gasteiger partial charge is 0.138 e. The number of rotatable bonds is 5. The van der Waals surface area contributed by atoms with Crippen molar-refractivity contribution in [2.45, 2.75) is 6.92 Å². The van der Waals surface area contributed by atoms with Gasteiger partial charge in [-0.05, 0) is 67.6 Å². The molecule has 2 aromatic heterocycles. The molecule has 0 atom stereocenters. The normalized spacial score (nSPS) is 11.2. The number of amidine groups is 1. The van der Waals surface area contributed by atoms with Gasteiger partial charge in [-0.3, -0.25) is 5.41 Å². The number of nitrogen functional groups attached to an aromatic ring is 1. The molecule has 0 unspecified atom stereocenters. The number of nitrogens with zero attached hydrogens (tertiary/aromatic N) is 2. The first-order chi connectivity index (χ1) is 14.6. The predicted molar refractivity (Wildman–Crippen MR) is 119 cm³/mol. The molecule has 30 heavy (non-hydrogen) atoms. The monoisotopic (exact) mass is 396 g/mol. The number of imidazole rings is 2. The van der Waals surface area contributed by atoms with E-state index in [0.29, 0.717) is 12.2 Å². The van der Waals surface area contributed by atoms with Gasteiger partial charge < -0.3 is 20.4 Å². The highest BCUT2D eigenvalue weighted by Gasteiger charge is 2.10. The second-order valence-electron chi connectivity index (χ2n) is 7.01. The quantitative estimate of drug-likeness (QED) is 0.259. The Morgan fingerprint density at radius 2 is 1.47 bits per heavy atom. The highest BCUT2D eigenvalue weighted by Crippen LogP contribution is 2.27. The molecule has 0 saturated heterocycles. The third-order valence-electron chi connectivity index (χ3n) is 4.99. The highest BCUT2D eigenvalue weighted by molar-refractivity contribution is 5.98. The van der Waals surface area contributed by atoms with Gasteiger partial charge >= 0.3 is 0 Å². The van der Waals surface area contributed by atoms with Gasteiger partial charge in [-0.1, -0.05) is 0 Å². The number of ether oxygens (including phenoxy) is 1. The lowest BCUT2D eigenvalue weighted by Crippen LogP contribution is -2.10. The molecular formula is C23H20N6O. The molecule has 148 valence electrons. The minimum Gasteiger partial charge on any atom is -0.494 e. The topological polar surface area (TPSA) is 116 Å². The average Bonchev–Trinajstić information content (AvgIpc) is 3.37. The molecule has 0 aliphatic rings. The van der Waals surface area contributed by atoms with Gasteiger partial charge in [-0.15, -0.1) is 0 Å². The Hall–Kier alpha value is -4.13. The lowest BCUT2D eigenvalue weighted by Gasteiger charge is -2.02. The third kappa shape index (κ3) is 3.16. The first-order valence-corrected chi connectivity index (χ1v) is 9.68. The van der Waals surface area contributed by atoms with Gasteiger partial charge in [0.15, 0.2) is 0 Å². The van der Waals surface area contributed by atoms with Crippen LogP contribution in [0.25, 0.3) is 44.8 Å². The molecule has 2 heterocycles. The van der Waals surface area contributed by atoms with Gasteiger partial charge in [0.05, 0.1) is 28.7 Å². The highest BCUT2D eigenvalue weighted by atomic mass is 16.5. The predicted octanol–water partition coefficient (Wildman–Crippen LogP) is 4.46. The van der Waals surface area contributed by atoms with Crippen molar-refractivity contribution < 1.29 is 4.74 Å². The number of benzene rings is 3. The lowest BCUT2D eigenvalue weighted by molar-refractivity contribution is 0.340. The Bertz CT molecular complexity index is 1380. The van der Waals surface area contributed by atoms with Gasteiger partial charge in [0, 0.05) is 16.7 Å². The van der Waals surface area contributed by atoms with Crippen molar-refractivity contribution in [1.29, 1.82) is 5.41 Å². The largest absolute Gasteiger partial charge is 0.494 e. The van der Waals surface area contributed by atoms with Crippen LogP contribution >= 0.6 is 0 Å². The van der Waals surface area contributed by atoms with Crippen LogP contribution in [0.15, 0.2) is 60.7 Å². The molecule has 0 fully saturated rings. The summed E-state index contributed by atoms with van der Waals surface area (Å²) in [6, 6.07) is 19.4. The van der Waals surface area contributed by atoms with Crippen LogP contribution in [-0.2, 0) is 0 Å². The van der Waals surface area contributed by atoms with E-state index < -0.39 is 0 Å². The zero-order chi connectivity index (χ0) is 20.7. The summed E-state index contributed by atoms with van der Waals surface area (Å²) < 4.78 is 5.51. The maximum Gasteiger partial charge on any atom is 0.138 e. The van der Waals surface area contributed by atoms with Crippen LogP contribution in [0.5, 0.6) is 5.75 Å². The van der Waals surface area contributed by atoms with Crippen molar-refractivity contribution in [3.05, 3.63) is 66.2 Å². The van der Waals surface area contributed by atoms with Crippen LogP contribution in [0.3, 0.4) is 0 Å². The van der Waals surface area contributed by atoms with Gasteiger partial charge in [0.1, 0.15) is 23.2 Å². The van der Waals surface area contributed by atoms with Crippen LogP contribution in [0.4, 0.5) is 0 Å². The minimum atomic E-state index is 0.0359. The molecule has 5 N–H and O–H groups in total. The zero-order valence-corrected chi connectivity index (χ0v) is 16.4. The van der Waals surface area contributed by atoms with E-state index in [-0.39, 0.29) is 5.84 Å². The van der Waals surface area contributed by atoms with Crippen LogP contribution in [0.1, 0.15) is 12.5 Å². The second-order valence-corrected chi connectivity index (χ2v) is 7.01. The molecule has 0 amide bonds. The van der Waals surface area contributed by atoms with Crippen LogP contribution in [0.2, 0.25) is 0 Å². The van der Waals surface area contributed by atoms with E-state index in [9.17, 15) is 0 Å². The maximum atomic E-state index is 7.60. The van der Waals surface area contributed by atoms with E-state index in [1.165, 1.54) is 0 Å². The number of hydrogen-bond acceptors (Lipinski definition) is 4. The van der Waals surface area contributed by atoms with Gasteiger partial charge in [-0.25, -0.2) is 9.97 Å². The fourth-order valence-electron chi connectivity index (χ4n) is 3.48. The first kappa shape index (κ1) is 17.9. The van der Waals surface area contributed by atoms with E-state index in [2.05, 4.69) is 15.0 Å². The van der Waals surface area contributed by atoms with Crippen molar-refractivity contribution in [1.82, 2.24) is 19.9 Å². The minimum absolute atomic E-state index is 0.0359. The van der Waals surface area contributed by atoms with E-state index in [1.54, 1.807) is 6.07 Å². The summed E-state index contributed by atoms with van der Waals surface area (Å²) in [7, 11) is 0. The molecule has 0 saturated carbocycles. The number of fused-ring (bicyclic) bond motifs is 2. The molecule has 7 nitrogen and oxygen atoms in total. The number of H-pyrrole nitrogens is 2. The molecule has 0 aliphatic heterocycles. The van der Waals surface area contributed by atoms with Crippen molar-refractivity contribution in [3.8, 4) is 28.5 Å². The summed E-state index contributed by atoms with van der Waals surface area (Å²) in [6.07, 6.45) is 0. The Labute approximate surface area is 172 Å². The van der Waals surface area contributed by atoms with Gasteiger partial charge in [0.25, 0.3) is 0 Å². The Morgan fingerprint density at radius 3 is 2.13 bits per heavy atom. The molecule has 0 radical (unpaired) electrons. The number of nitrogens with one attached hydrogen (secondary N) is 3. The summed E-state index contributed by atoms with van der Waals surface area (Å²) >= 11 is 0. The Kier molecular flexibility index (Phi) is 4.21. The fourth-order valence-corrected chi connectivity index (χ4v) is 3.48. The SMILES string of the molecule is CCOc1ccc(-c2nc3ccc(-c4nc5ccc(C(=N)N)cc5[nH]4)cc3[nH]2)cc1. The molecule has 0 bridgehead atoms. The molecule has 7 heteroatoms. The van der Waals surface area contributed by atoms with Crippen molar-refractivity contribution >= 4 is 27.9 Å². The van der Waals surface area contributed by atoms with E-state index in [4.69, 9.17) is 20.9 Å². The fraction of sp³-hybridized carbons (Fsp3) is 0.0870.